The molecule has 2 nitrogen and oxygen atoms in total. The molecule has 0 radical (unpaired) electrons. The summed E-state index contributed by atoms with van der Waals surface area (Å²) in [5.74, 6) is 6.68. The van der Waals surface area contributed by atoms with Crippen molar-refractivity contribution in [2.45, 2.75) is 37.7 Å². The number of likely N-dealkylation sites (tertiary alicyclic amines) is 1. The van der Waals surface area contributed by atoms with Crippen LogP contribution in [0.1, 0.15) is 43.2 Å². The number of benzene rings is 3. The first kappa shape index (κ1) is 21.4. The molecule has 0 spiro atoms. The number of nitrogens with one attached hydrogen (secondary N) is 1. The number of rotatable bonds is 5. The summed E-state index contributed by atoms with van der Waals surface area (Å²) >= 11 is 0. The van der Waals surface area contributed by atoms with E-state index in [-0.39, 0.29) is 0 Å². The maximum absolute atomic E-state index is 11.8. The van der Waals surface area contributed by atoms with Crippen LogP contribution >= 0.6 is 0 Å². The van der Waals surface area contributed by atoms with Gasteiger partial charge in [-0.1, -0.05) is 90.8 Å². The first-order chi connectivity index (χ1) is 15.3. The predicted molar refractivity (Wildman–Crippen MR) is 128 cm³/mol. The summed E-state index contributed by atoms with van der Waals surface area (Å²) in [4.78, 5) is 1.58. The lowest BCUT2D eigenvalue weighted by atomic mass is 9.83. The first-order valence-electron chi connectivity index (χ1n) is 11.5. The molecule has 0 bridgehead atoms. The van der Waals surface area contributed by atoms with Gasteiger partial charge in [0.25, 0.3) is 0 Å². The molecule has 3 aromatic carbocycles. The molecule has 1 aliphatic heterocycles. The Morgan fingerprint density at radius 1 is 0.645 bits per heavy atom. The zero-order chi connectivity index (χ0) is 21.4. The SMILES string of the molecule is O[C@](CC#CC[NH+]1CCCCCC1)(c1ccccc1)c1ccc(-c2ccccc2)cc1. The lowest BCUT2D eigenvalue weighted by Gasteiger charge is -2.27. The summed E-state index contributed by atoms with van der Waals surface area (Å²) in [6.45, 7) is 3.31. The summed E-state index contributed by atoms with van der Waals surface area (Å²) in [5.41, 5.74) is 2.99. The molecule has 1 aliphatic rings. The largest absolute Gasteiger partial charge is 0.379 e. The Hall–Kier alpha value is -2.86. The third kappa shape index (κ3) is 5.44. The fraction of sp³-hybridized carbons (Fsp3) is 0.310. The molecule has 0 saturated carbocycles. The number of hydrogen-bond donors (Lipinski definition) is 2. The highest BCUT2D eigenvalue weighted by Gasteiger charge is 2.30. The molecule has 0 aromatic heterocycles. The second-order valence-corrected chi connectivity index (χ2v) is 8.54. The van der Waals surface area contributed by atoms with Gasteiger partial charge in [-0.3, -0.25) is 0 Å². The Labute approximate surface area is 186 Å². The molecule has 0 amide bonds. The van der Waals surface area contributed by atoms with Gasteiger partial charge in [0.15, 0.2) is 0 Å². The van der Waals surface area contributed by atoms with Crippen molar-refractivity contribution in [1.29, 1.82) is 0 Å². The van der Waals surface area contributed by atoms with Gasteiger partial charge in [0.2, 0.25) is 0 Å². The predicted octanol–water partition coefficient (Wildman–Crippen LogP) is 4.44. The van der Waals surface area contributed by atoms with Gasteiger partial charge >= 0.3 is 0 Å². The lowest BCUT2D eigenvalue weighted by molar-refractivity contribution is -0.891. The standard InChI is InChI=1S/C29H31NO/c31-29(27-15-7-4-8-16-27,21-9-12-24-30-22-10-1-2-11-23-30)28-19-17-26(18-20-28)25-13-5-3-6-14-25/h3-8,13-20,31H,1-2,10-11,21-24H2/p+1/t29-/m1/s1. The van der Waals surface area contributed by atoms with Crippen molar-refractivity contribution in [3.63, 3.8) is 0 Å². The van der Waals surface area contributed by atoms with E-state index in [2.05, 4.69) is 36.1 Å². The second-order valence-electron chi connectivity index (χ2n) is 8.54. The van der Waals surface area contributed by atoms with E-state index >= 15 is 0 Å². The van der Waals surface area contributed by atoms with Gasteiger partial charge in [-0.25, -0.2) is 0 Å². The Bertz CT molecular complexity index is 993. The molecule has 2 heteroatoms. The highest BCUT2D eigenvalue weighted by atomic mass is 16.3. The van der Waals surface area contributed by atoms with Crippen molar-refractivity contribution >= 4 is 0 Å². The highest BCUT2D eigenvalue weighted by molar-refractivity contribution is 5.64. The zero-order valence-corrected chi connectivity index (χ0v) is 18.2. The van der Waals surface area contributed by atoms with Crippen LogP contribution in [0.4, 0.5) is 0 Å². The van der Waals surface area contributed by atoms with E-state index < -0.39 is 5.60 Å². The minimum atomic E-state index is -1.11. The summed E-state index contributed by atoms with van der Waals surface area (Å²) in [5, 5.41) is 11.8. The van der Waals surface area contributed by atoms with Crippen molar-refractivity contribution in [3.8, 4) is 23.0 Å². The molecule has 0 aliphatic carbocycles. The van der Waals surface area contributed by atoms with E-state index in [1.165, 1.54) is 44.3 Å². The van der Waals surface area contributed by atoms with Crippen LogP contribution in [0.2, 0.25) is 0 Å². The molecular weight excluding hydrogens is 378 g/mol. The summed E-state index contributed by atoms with van der Waals surface area (Å²) in [7, 11) is 0. The van der Waals surface area contributed by atoms with Crippen LogP contribution < -0.4 is 4.90 Å². The molecule has 31 heavy (non-hydrogen) atoms. The van der Waals surface area contributed by atoms with Gasteiger partial charge in [0.1, 0.15) is 12.1 Å². The molecule has 1 atom stereocenters. The molecule has 1 heterocycles. The minimum Gasteiger partial charge on any atom is -0.379 e. The quantitative estimate of drug-likeness (QED) is 0.597. The lowest BCUT2D eigenvalue weighted by Crippen LogP contribution is -3.11. The zero-order valence-electron chi connectivity index (χ0n) is 18.2. The van der Waals surface area contributed by atoms with Gasteiger partial charge in [-0.15, -0.1) is 0 Å². The Morgan fingerprint density at radius 3 is 1.84 bits per heavy atom. The monoisotopic (exact) mass is 410 g/mol. The minimum absolute atomic E-state index is 0.398. The fourth-order valence-electron chi connectivity index (χ4n) is 4.44. The fourth-order valence-corrected chi connectivity index (χ4v) is 4.44. The number of aliphatic hydroxyl groups is 1. The summed E-state index contributed by atoms with van der Waals surface area (Å²) in [6, 6.07) is 28.5. The average molecular weight is 411 g/mol. The highest BCUT2D eigenvalue weighted by Crippen LogP contribution is 2.34. The van der Waals surface area contributed by atoms with E-state index in [1.54, 1.807) is 4.90 Å². The Morgan fingerprint density at radius 2 is 1.19 bits per heavy atom. The van der Waals surface area contributed by atoms with E-state index in [4.69, 9.17) is 0 Å². The Kier molecular flexibility index (Phi) is 7.20. The normalized spacial score (nSPS) is 16.5. The van der Waals surface area contributed by atoms with Crippen molar-refractivity contribution in [2.75, 3.05) is 19.6 Å². The molecule has 2 N–H and O–H groups in total. The van der Waals surface area contributed by atoms with E-state index in [0.29, 0.717) is 6.42 Å². The summed E-state index contributed by atoms with van der Waals surface area (Å²) in [6.07, 6.45) is 5.71. The van der Waals surface area contributed by atoms with Gasteiger partial charge in [0, 0.05) is 6.42 Å². The molecule has 1 saturated heterocycles. The van der Waals surface area contributed by atoms with Crippen LogP contribution in [-0.4, -0.2) is 24.7 Å². The second kappa shape index (κ2) is 10.4. The topological polar surface area (TPSA) is 24.7 Å². The van der Waals surface area contributed by atoms with Crippen LogP contribution in [-0.2, 0) is 5.60 Å². The van der Waals surface area contributed by atoms with Crippen molar-refractivity contribution < 1.29 is 10.0 Å². The number of quaternary nitrogens is 1. The van der Waals surface area contributed by atoms with Crippen LogP contribution in [0.15, 0.2) is 84.9 Å². The maximum Gasteiger partial charge on any atom is 0.139 e. The molecule has 4 rings (SSSR count). The molecular formula is C29H32NO+. The van der Waals surface area contributed by atoms with Crippen LogP contribution in [0, 0.1) is 11.8 Å². The van der Waals surface area contributed by atoms with Crippen LogP contribution in [0.3, 0.4) is 0 Å². The van der Waals surface area contributed by atoms with E-state index in [0.717, 1.165) is 23.2 Å². The van der Waals surface area contributed by atoms with Crippen molar-refractivity contribution in [2.24, 2.45) is 0 Å². The molecule has 3 aromatic rings. The van der Waals surface area contributed by atoms with Gasteiger partial charge in [0.05, 0.1) is 13.1 Å². The van der Waals surface area contributed by atoms with Gasteiger partial charge in [-0.2, -0.15) is 0 Å². The average Bonchev–Trinajstić information content (AvgIpc) is 3.12. The molecule has 0 unspecified atom stereocenters. The van der Waals surface area contributed by atoms with E-state index in [9.17, 15) is 5.11 Å². The van der Waals surface area contributed by atoms with Crippen molar-refractivity contribution in [1.82, 2.24) is 0 Å². The first-order valence-corrected chi connectivity index (χ1v) is 11.5. The van der Waals surface area contributed by atoms with Gasteiger partial charge < -0.3 is 10.0 Å². The van der Waals surface area contributed by atoms with Crippen molar-refractivity contribution in [3.05, 3.63) is 96.1 Å². The Balaban J connectivity index is 1.55. The van der Waals surface area contributed by atoms with Crippen LogP contribution in [0.5, 0.6) is 0 Å². The summed E-state index contributed by atoms with van der Waals surface area (Å²) < 4.78 is 0. The van der Waals surface area contributed by atoms with Gasteiger partial charge in [-0.05, 0) is 53.9 Å². The molecule has 1 fully saturated rings. The van der Waals surface area contributed by atoms with E-state index in [1.807, 2.05) is 60.7 Å². The maximum atomic E-state index is 11.8. The third-order valence-electron chi connectivity index (χ3n) is 6.34. The van der Waals surface area contributed by atoms with Crippen LogP contribution in [0.25, 0.3) is 11.1 Å². The number of hydrogen-bond acceptors (Lipinski definition) is 1. The third-order valence-corrected chi connectivity index (χ3v) is 6.34. The smallest absolute Gasteiger partial charge is 0.139 e. The molecule has 158 valence electrons.